The fourth-order valence-electron chi connectivity index (χ4n) is 2.86. The summed E-state index contributed by atoms with van der Waals surface area (Å²) in [7, 11) is 0. The standard InChI is InChI=1S/C19H17BrF3N3O/c1-10(13-4-3-5-15(17(13)21)19(22,23)9-27)24-18-14-8-12(20)6-7-16(14)25-11(2)26-18/h3-8,10,27H,9H2,1-2H3,(H,24,25,26). The summed E-state index contributed by atoms with van der Waals surface area (Å²) in [4.78, 5) is 8.73. The molecule has 3 aromatic rings. The largest absolute Gasteiger partial charge is 0.390 e. The van der Waals surface area contributed by atoms with Gasteiger partial charge in [-0.1, -0.05) is 28.1 Å². The van der Waals surface area contributed by atoms with E-state index < -0.39 is 30.0 Å². The van der Waals surface area contributed by atoms with Crippen molar-refractivity contribution in [2.24, 2.45) is 0 Å². The maximum absolute atomic E-state index is 14.7. The van der Waals surface area contributed by atoms with E-state index in [2.05, 4.69) is 31.2 Å². The van der Waals surface area contributed by atoms with Crippen LogP contribution in [0.2, 0.25) is 0 Å². The molecular formula is C19H17BrF3N3O. The first-order valence-electron chi connectivity index (χ1n) is 8.21. The summed E-state index contributed by atoms with van der Waals surface area (Å²) in [6.07, 6.45) is 0. The highest BCUT2D eigenvalue weighted by Crippen LogP contribution is 2.34. The summed E-state index contributed by atoms with van der Waals surface area (Å²) in [6.45, 7) is 1.93. The number of rotatable bonds is 5. The minimum atomic E-state index is -3.65. The third-order valence-electron chi connectivity index (χ3n) is 4.21. The third kappa shape index (κ3) is 3.91. The molecule has 2 aromatic carbocycles. The molecule has 142 valence electrons. The topological polar surface area (TPSA) is 58.0 Å². The highest BCUT2D eigenvalue weighted by atomic mass is 79.9. The molecule has 0 aliphatic rings. The van der Waals surface area contributed by atoms with E-state index in [1.54, 1.807) is 13.8 Å². The van der Waals surface area contributed by atoms with Gasteiger partial charge in [0, 0.05) is 15.4 Å². The molecule has 4 nitrogen and oxygen atoms in total. The number of benzene rings is 2. The van der Waals surface area contributed by atoms with E-state index in [9.17, 15) is 13.2 Å². The van der Waals surface area contributed by atoms with Crippen molar-refractivity contribution < 1.29 is 18.3 Å². The van der Waals surface area contributed by atoms with Gasteiger partial charge in [-0.15, -0.1) is 0 Å². The van der Waals surface area contributed by atoms with Crippen LogP contribution in [-0.2, 0) is 5.92 Å². The summed E-state index contributed by atoms with van der Waals surface area (Å²) in [5.41, 5.74) is -0.0657. The molecule has 0 aliphatic heterocycles. The van der Waals surface area contributed by atoms with Crippen LogP contribution in [0, 0.1) is 12.7 Å². The molecule has 0 aliphatic carbocycles. The first kappa shape index (κ1) is 19.6. The second kappa shape index (κ2) is 7.44. The molecule has 2 N–H and O–H groups in total. The molecule has 3 rings (SSSR count). The van der Waals surface area contributed by atoms with Gasteiger partial charge in [-0.25, -0.2) is 14.4 Å². The van der Waals surface area contributed by atoms with Gasteiger partial charge < -0.3 is 10.4 Å². The lowest BCUT2D eigenvalue weighted by Crippen LogP contribution is -2.22. The number of hydrogen-bond donors (Lipinski definition) is 2. The maximum Gasteiger partial charge on any atom is 0.298 e. The maximum atomic E-state index is 14.7. The molecule has 8 heteroatoms. The van der Waals surface area contributed by atoms with Gasteiger partial charge in [-0.3, -0.25) is 0 Å². The number of nitrogens with one attached hydrogen (secondary N) is 1. The number of nitrogens with zero attached hydrogens (tertiary/aromatic N) is 2. The van der Waals surface area contributed by atoms with Crippen LogP contribution in [0.5, 0.6) is 0 Å². The van der Waals surface area contributed by atoms with Crippen molar-refractivity contribution in [3.05, 3.63) is 63.6 Å². The lowest BCUT2D eigenvalue weighted by molar-refractivity contribution is -0.0583. The molecule has 0 saturated heterocycles. The first-order valence-corrected chi connectivity index (χ1v) is 9.00. The van der Waals surface area contributed by atoms with E-state index in [0.717, 1.165) is 15.9 Å². The minimum absolute atomic E-state index is 0.0556. The molecule has 0 spiro atoms. The van der Waals surface area contributed by atoms with Crippen molar-refractivity contribution in [1.29, 1.82) is 0 Å². The molecule has 0 radical (unpaired) electrons. The van der Waals surface area contributed by atoms with E-state index in [1.807, 2.05) is 18.2 Å². The van der Waals surface area contributed by atoms with E-state index in [1.165, 1.54) is 12.1 Å². The molecule has 27 heavy (non-hydrogen) atoms. The van der Waals surface area contributed by atoms with Gasteiger partial charge in [0.25, 0.3) is 5.92 Å². The normalized spacial score (nSPS) is 13.0. The van der Waals surface area contributed by atoms with Gasteiger partial charge in [-0.2, -0.15) is 8.78 Å². The predicted molar refractivity (Wildman–Crippen MR) is 101 cm³/mol. The Labute approximate surface area is 162 Å². The van der Waals surface area contributed by atoms with Crippen molar-refractivity contribution in [2.75, 3.05) is 11.9 Å². The number of alkyl halides is 2. The van der Waals surface area contributed by atoms with Gasteiger partial charge >= 0.3 is 0 Å². The summed E-state index contributed by atoms with van der Waals surface area (Å²) in [6, 6.07) is 8.61. The molecule has 0 amide bonds. The molecule has 1 aromatic heterocycles. The summed E-state index contributed by atoms with van der Waals surface area (Å²) in [5.74, 6) is -3.69. The molecule has 0 bridgehead atoms. The first-order chi connectivity index (χ1) is 12.7. The van der Waals surface area contributed by atoms with Crippen LogP contribution in [0.1, 0.15) is 29.9 Å². The van der Waals surface area contributed by atoms with Gasteiger partial charge in [-0.05, 0) is 38.1 Å². The molecule has 1 heterocycles. The molecule has 1 atom stereocenters. The van der Waals surface area contributed by atoms with E-state index in [0.29, 0.717) is 17.2 Å². The Hall–Kier alpha value is -2.19. The molecule has 1 unspecified atom stereocenters. The number of aromatic nitrogens is 2. The van der Waals surface area contributed by atoms with E-state index in [4.69, 9.17) is 5.11 Å². The van der Waals surface area contributed by atoms with Crippen molar-refractivity contribution in [1.82, 2.24) is 9.97 Å². The average molecular weight is 440 g/mol. The Morgan fingerprint density at radius 1 is 1.22 bits per heavy atom. The smallest absolute Gasteiger partial charge is 0.298 e. The Morgan fingerprint density at radius 2 is 1.96 bits per heavy atom. The summed E-state index contributed by atoms with van der Waals surface area (Å²) >= 11 is 3.40. The van der Waals surface area contributed by atoms with Gasteiger partial charge in [0.2, 0.25) is 0 Å². The van der Waals surface area contributed by atoms with E-state index in [-0.39, 0.29) is 5.56 Å². The summed E-state index contributed by atoms with van der Waals surface area (Å²) in [5, 5.41) is 12.7. The zero-order valence-corrected chi connectivity index (χ0v) is 16.2. The Morgan fingerprint density at radius 3 is 2.67 bits per heavy atom. The quantitative estimate of drug-likeness (QED) is 0.580. The van der Waals surface area contributed by atoms with Crippen molar-refractivity contribution in [3.8, 4) is 0 Å². The Kier molecular flexibility index (Phi) is 5.39. The monoisotopic (exact) mass is 439 g/mol. The van der Waals surface area contributed by atoms with Crippen LogP contribution >= 0.6 is 15.9 Å². The zero-order valence-electron chi connectivity index (χ0n) is 14.6. The van der Waals surface area contributed by atoms with Crippen LogP contribution in [0.25, 0.3) is 10.9 Å². The predicted octanol–water partition coefficient (Wildman–Crippen LogP) is 5.10. The van der Waals surface area contributed by atoms with E-state index >= 15 is 0 Å². The lowest BCUT2D eigenvalue weighted by atomic mass is 10.00. The van der Waals surface area contributed by atoms with Gasteiger partial charge in [0.05, 0.1) is 17.1 Å². The van der Waals surface area contributed by atoms with Crippen LogP contribution in [0.3, 0.4) is 0 Å². The number of halogens is 4. The number of aliphatic hydroxyl groups excluding tert-OH is 1. The number of hydrogen-bond acceptors (Lipinski definition) is 4. The molecular weight excluding hydrogens is 423 g/mol. The highest BCUT2D eigenvalue weighted by molar-refractivity contribution is 9.10. The molecule has 0 saturated carbocycles. The zero-order chi connectivity index (χ0) is 19.8. The third-order valence-corrected chi connectivity index (χ3v) is 4.70. The van der Waals surface area contributed by atoms with Crippen LogP contribution in [-0.4, -0.2) is 21.7 Å². The van der Waals surface area contributed by atoms with Gasteiger partial charge in [0.1, 0.15) is 24.1 Å². The van der Waals surface area contributed by atoms with Crippen molar-refractivity contribution in [3.63, 3.8) is 0 Å². The minimum Gasteiger partial charge on any atom is -0.390 e. The van der Waals surface area contributed by atoms with Crippen molar-refractivity contribution >= 4 is 32.7 Å². The average Bonchev–Trinajstić information content (AvgIpc) is 2.62. The van der Waals surface area contributed by atoms with Crippen LogP contribution in [0.4, 0.5) is 19.0 Å². The Bertz CT molecular complexity index is 997. The highest BCUT2D eigenvalue weighted by Gasteiger charge is 2.35. The summed E-state index contributed by atoms with van der Waals surface area (Å²) < 4.78 is 43.1. The van der Waals surface area contributed by atoms with Crippen LogP contribution < -0.4 is 5.32 Å². The second-order valence-corrected chi connectivity index (χ2v) is 7.13. The molecule has 0 fully saturated rings. The van der Waals surface area contributed by atoms with Gasteiger partial charge in [0.15, 0.2) is 0 Å². The fourth-order valence-corrected chi connectivity index (χ4v) is 3.22. The number of aryl methyl sites for hydroxylation is 1. The lowest BCUT2D eigenvalue weighted by Gasteiger charge is -2.21. The Balaban J connectivity index is 2.02. The number of aliphatic hydroxyl groups is 1. The van der Waals surface area contributed by atoms with Crippen molar-refractivity contribution in [2.45, 2.75) is 25.8 Å². The number of anilines is 1. The fraction of sp³-hybridized carbons (Fsp3) is 0.263. The van der Waals surface area contributed by atoms with Crippen LogP contribution in [0.15, 0.2) is 40.9 Å². The second-order valence-electron chi connectivity index (χ2n) is 6.22. The SMILES string of the molecule is Cc1nc(NC(C)c2cccc(C(F)(F)CO)c2F)c2cc(Br)ccc2n1. The number of fused-ring (bicyclic) bond motifs is 1.